The molecule has 1 saturated heterocycles. The van der Waals surface area contributed by atoms with Crippen LogP contribution in [0, 0.1) is 0 Å². The number of aliphatic hydroxyl groups is 1. The van der Waals surface area contributed by atoms with Gasteiger partial charge in [0.05, 0.1) is 37.3 Å². The lowest BCUT2D eigenvalue weighted by Gasteiger charge is -2.37. The fourth-order valence-electron chi connectivity index (χ4n) is 5.64. The molecule has 0 bridgehead atoms. The van der Waals surface area contributed by atoms with E-state index in [0.717, 1.165) is 55.2 Å². The second-order valence-corrected chi connectivity index (χ2v) is 11.8. The maximum Gasteiger partial charge on any atom is 0.350 e. The molecule has 2 aromatic heterocycles. The molecular weight excluding hydrogens is 596 g/mol. The molecule has 3 aromatic carbocycles. The molecule has 3 atom stereocenters. The summed E-state index contributed by atoms with van der Waals surface area (Å²) in [4.78, 5) is 19.1. The van der Waals surface area contributed by atoms with Crippen LogP contribution in [0.1, 0.15) is 38.0 Å². The van der Waals surface area contributed by atoms with Gasteiger partial charge in [-0.15, -0.1) is 0 Å². The van der Waals surface area contributed by atoms with Crippen LogP contribution in [0.25, 0.3) is 5.69 Å². The van der Waals surface area contributed by atoms with E-state index in [0.29, 0.717) is 12.3 Å². The minimum atomic E-state index is -0.794. The van der Waals surface area contributed by atoms with Gasteiger partial charge in [-0.05, 0) is 67.4 Å². The molecule has 246 valence electrons. The predicted octanol–water partition coefficient (Wildman–Crippen LogP) is 4.12. The van der Waals surface area contributed by atoms with Gasteiger partial charge in [0.2, 0.25) is 0 Å². The number of anilines is 2. The van der Waals surface area contributed by atoms with Gasteiger partial charge in [0.25, 0.3) is 0 Å². The van der Waals surface area contributed by atoms with Crippen LogP contribution < -0.4 is 20.2 Å². The highest BCUT2D eigenvalue weighted by Gasteiger charge is 2.19. The summed E-state index contributed by atoms with van der Waals surface area (Å²) in [6, 6.07) is 26.0. The number of ether oxygens (including phenoxy) is 2. The highest BCUT2D eigenvalue weighted by molar-refractivity contribution is 5.54. The Kier molecular flexibility index (Phi) is 10.3. The van der Waals surface area contributed by atoms with Crippen LogP contribution in [0.2, 0.25) is 0 Å². The summed E-state index contributed by atoms with van der Waals surface area (Å²) in [6.07, 6.45) is 4.62. The van der Waals surface area contributed by atoms with Crippen molar-refractivity contribution in [1.29, 1.82) is 0 Å². The third kappa shape index (κ3) is 7.90. The summed E-state index contributed by atoms with van der Waals surface area (Å²) in [5.74, 6) is 0.695. The summed E-state index contributed by atoms with van der Waals surface area (Å²) < 4.78 is 15.1. The number of hydrogen-bond acceptors (Lipinski definition) is 9. The Morgan fingerprint density at radius 2 is 1.38 bits per heavy atom. The van der Waals surface area contributed by atoms with Crippen molar-refractivity contribution >= 4 is 11.4 Å². The standard InChI is InChI=1S/C35H42N8O4/c1-3-27(2)43-35(45)41(26-38-43)31-11-9-29(10-12-31)39-19-21-40(22-20-39)30-13-15-33(16-14-30)46-24-32(44)25-47-34(23-42-36-17-18-37-42)28-7-5-4-6-8-28/h4-18,26-27,32,34,44H,3,19-25H2,1-2H3/t27-,32+,34?/m1/s1. The molecule has 1 aliphatic heterocycles. The van der Waals surface area contributed by atoms with Crippen molar-refractivity contribution in [2.24, 2.45) is 0 Å². The molecule has 1 unspecified atom stereocenters. The lowest BCUT2D eigenvalue weighted by atomic mass is 10.1. The van der Waals surface area contributed by atoms with E-state index in [1.54, 1.807) is 28.1 Å². The van der Waals surface area contributed by atoms with Crippen LogP contribution in [0.4, 0.5) is 11.4 Å². The zero-order valence-electron chi connectivity index (χ0n) is 26.9. The Morgan fingerprint density at radius 3 is 2.00 bits per heavy atom. The molecule has 1 aliphatic rings. The molecule has 0 amide bonds. The fourth-order valence-corrected chi connectivity index (χ4v) is 5.64. The largest absolute Gasteiger partial charge is 0.491 e. The minimum Gasteiger partial charge on any atom is -0.491 e. The molecule has 0 aliphatic carbocycles. The number of nitrogens with zero attached hydrogens (tertiary/aromatic N) is 8. The summed E-state index contributed by atoms with van der Waals surface area (Å²) in [6.45, 7) is 8.27. The molecule has 6 rings (SSSR count). The van der Waals surface area contributed by atoms with Gasteiger partial charge in [0, 0.05) is 37.6 Å². The molecule has 0 spiro atoms. The lowest BCUT2D eigenvalue weighted by molar-refractivity contribution is -0.0339. The van der Waals surface area contributed by atoms with E-state index in [2.05, 4.69) is 49.4 Å². The topological polar surface area (TPSA) is 116 Å². The van der Waals surface area contributed by atoms with Crippen molar-refractivity contribution < 1.29 is 14.6 Å². The first-order valence-electron chi connectivity index (χ1n) is 16.2. The van der Waals surface area contributed by atoms with E-state index in [4.69, 9.17) is 9.47 Å². The SMILES string of the molecule is CC[C@@H](C)n1ncn(-c2ccc(N3CCN(c4ccc(OC[C@H](O)COC(Cn5nccn5)c5ccccc5)cc4)CC3)cc2)c1=O. The average Bonchev–Trinajstić information content (AvgIpc) is 3.79. The summed E-state index contributed by atoms with van der Waals surface area (Å²) >= 11 is 0. The van der Waals surface area contributed by atoms with Gasteiger partial charge in [-0.25, -0.2) is 14.0 Å². The number of aromatic nitrogens is 6. The second-order valence-electron chi connectivity index (χ2n) is 11.8. The van der Waals surface area contributed by atoms with Crippen molar-refractivity contribution in [3.05, 3.63) is 114 Å². The number of rotatable bonds is 14. The molecule has 1 N–H and O–H groups in total. The quantitative estimate of drug-likeness (QED) is 0.192. The van der Waals surface area contributed by atoms with Crippen LogP contribution in [0.3, 0.4) is 0 Å². The predicted molar refractivity (Wildman–Crippen MR) is 180 cm³/mol. The number of aliphatic hydroxyl groups excluding tert-OH is 1. The van der Waals surface area contributed by atoms with Crippen LogP contribution >= 0.6 is 0 Å². The van der Waals surface area contributed by atoms with Crippen molar-refractivity contribution in [2.75, 3.05) is 49.2 Å². The number of benzene rings is 3. The van der Waals surface area contributed by atoms with Crippen LogP contribution in [0.5, 0.6) is 5.75 Å². The maximum atomic E-state index is 12.8. The van der Waals surface area contributed by atoms with Gasteiger partial charge in [0.1, 0.15) is 30.9 Å². The Bertz CT molecular complexity index is 1710. The van der Waals surface area contributed by atoms with Crippen LogP contribution in [-0.2, 0) is 11.3 Å². The van der Waals surface area contributed by atoms with E-state index in [1.165, 1.54) is 4.68 Å². The fraction of sp³-hybridized carbons (Fsp3) is 0.371. The Morgan fingerprint density at radius 1 is 0.787 bits per heavy atom. The number of hydrogen-bond donors (Lipinski definition) is 1. The second kappa shape index (κ2) is 15.1. The normalized spacial score (nSPS) is 15.4. The van der Waals surface area contributed by atoms with E-state index in [-0.39, 0.29) is 31.0 Å². The van der Waals surface area contributed by atoms with E-state index in [9.17, 15) is 9.90 Å². The van der Waals surface area contributed by atoms with Gasteiger partial charge in [0.15, 0.2) is 0 Å². The Balaban J connectivity index is 0.961. The maximum absolute atomic E-state index is 12.8. The average molecular weight is 639 g/mol. The minimum absolute atomic E-state index is 0.0669. The van der Waals surface area contributed by atoms with E-state index in [1.807, 2.05) is 68.4 Å². The van der Waals surface area contributed by atoms with Crippen molar-refractivity contribution in [3.8, 4) is 11.4 Å². The van der Waals surface area contributed by atoms with Gasteiger partial charge >= 0.3 is 5.69 Å². The van der Waals surface area contributed by atoms with Gasteiger partial charge in [-0.3, -0.25) is 0 Å². The monoisotopic (exact) mass is 638 g/mol. The highest BCUT2D eigenvalue weighted by Crippen LogP contribution is 2.24. The van der Waals surface area contributed by atoms with Crippen molar-refractivity contribution in [3.63, 3.8) is 0 Å². The molecule has 5 aromatic rings. The number of piperazine rings is 1. The highest BCUT2D eigenvalue weighted by atomic mass is 16.5. The van der Waals surface area contributed by atoms with Crippen molar-refractivity contribution in [2.45, 2.75) is 45.1 Å². The molecule has 0 saturated carbocycles. The molecular formula is C35H42N8O4. The summed E-state index contributed by atoms with van der Waals surface area (Å²) in [5.41, 5.74) is 3.96. The molecule has 47 heavy (non-hydrogen) atoms. The van der Waals surface area contributed by atoms with Gasteiger partial charge < -0.3 is 24.4 Å². The zero-order valence-corrected chi connectivity index (χ0v) is 26.9. The lowest BCUT2D eigenvalue weighted by Crippen LogP contribution is -2.46. The first kappa shape index (κ1) is 32.0. The van der Waals surface area contributed by atoms with Gasteiger partial charge in [-0.1, -0.05) is 37.3 Å². The Labute approximate surface area is 274 Å². The van der Waals surface area contributed by atoms with Crippen molar-refractivity contribution in [1.82, 2.24) is 29.3 Å². The smallest absolute Gasteiger partial charge is 0.350 e. The third-order valence-electron chi connectivity index (χ3n) is 8.58. The van der Waals surface area contributed by atoms with E-state index >= 15 is 0 Å². The van der Waals surface area contributed by atoms with E-state index < -0.39 is 6.10 Å². The zero-order chi connectivity index (χ0) is 32.6. The molecule has 1 fully saturated rings. The van der Waals surface area contributed by atoms with Gasteiger partial charge in [-0.2, -0.15) is 20.1 Å². The first-order valence-corrected chi connectivity index (χ1v) is 16.2. The molecule has 12 heteroatoms. The van der Waals surface area contributed by atoms with Crippen LogP contribution in [-0.4, -0.2) is 79.9 Å². The first-order chi connectivity index (χ1) is 23.0. The molecule has 0 radical (unpaired) electrons. The summed E-state index contributed by atoms with van der Waals surface area (Å²) in [7, 11) is 0. The summed E-state index contributed by atoms with van der Waals surface area (Å²) in [5, 5.41) is 23.3. The third-order valence-corrected chi connectivity index (χ3v) is 8.58. The molecule has 12 nitrogen and oxygen atoms in total. The Hall–Kier alpha value is -4.94. The molecule has 3 heterocycles. The van der Waals surface area contributed by atoms with Crippen LogP contribution in [0.15, 0.2) is 102 Å².